The summed E-state index contributed by atoms with van der Waals surface area (Å²) in [5, 5.41) is 21.5. The zero-order valence-corrected chi connectivity index (χ0v) is 14.0. The third kappa shape index (κ3) is 5.12. The Kier molecular flexibility index (Phi) is 6.81. The van der Waals surface area contributed by atoms with E-state index in [0.29, 0.717) is 43.9 Å². The summed E-state index contributed by atoms with van der Waals surface area (Å²) < 4.78 is 5.42. The number of carbonyl (C=O) groups is 1. The second-order valence-electron chi connectivity index (χ2n) is 6.35. The van der Waals surface area contributed by atoms with Gasteiger partial charge in [-0.1, -0.05) is 20.8 Å². The molecule has 124 valence electrons. The molecule has 0 saturated heterocycles. The summed E-state index contributed by atoms with van der Waals surface area (Å²) in [5.74, 6) is -0.615. The molecule has 0 fully saturated rings. The Bertz CT molecular complexity index is 587. The Morgan fingerprint density at radius 2 is 1.96 bits per heavy atom. The summed E-state index contributed by atoms with van der Waals surface area (Å²) in [6.45, 7) is 7.86. The largest absolute Gasteiger partial charge is 0.385 e. The molecule has 1 amide bonds. The van der Waals surface area contributed by atoms with Crippen molar-refractivity contribution in [3.63, 3.8) is 0 Å². The molecule has 0 heterocycles. The van der Waals surface area contributed by atoms with E-state index in [0.717, 1.165) is 6.42 Å². The minimum atomic E-state index is -0.615. The van der Waals surface area contributed by atoms with Crippen LogP contribution in [0.4, 0.5) is 0 Å². The average Bonchev–Trinajstić information content (AvgIpc) is 2.46. The third-order valence-corrected chi connectivity index (χ3v) is 3.62. The molecule has 0 saturated carbocycles. The Hall–Kier alpha value is -2.31. The Morgan fingerprint density at radius 3 is 2.48 bits per heavy atom. The van der Waals surface area contributed by atoms with Gasteiger partial charge in [0.2, 0.25) is 0 Å². The first-order chi connectivity index (χ1) is 10.9. The number of carbonyl (C=O) groups excluding carboxylic acids is 1. The van der Waals surface area contributed by atoms with Gasteiger partial charge in [-0.05, 0) is 30.3 Å². The van der Waals surface area contributed by atoms with Crippen molar-refractivity contribution in [2.24, 2.45) is 11.1 Å². The number of hydrogen-bond acceptors (Lipinski definition) is 5. The van der Waals surface area contributed by atoms with Crippen molar-refractivity contribution >= 4 is 5.91 Å². The van der Waals surface area contributed by atoms with E-state index < -0.39 is 5.91 Å². The molecule has 0 atom stereocenters. The predicted octanol–water partition coefficient (Wildman–Crippen LogP) is 1.91. The second-order valence-corrected chi connectivity index (χ2v) is 6.35. The lowest BCUT2D eigenvalue weighted by Gasteiger charge is -2.34. The van der Waals surface area contributed by atoms with Gasteiger partial charge in [0.05, 0.1) is 12.2 Å². The van der Waals surface area contributed by atoms with Crippen LogP contribution < -0.4 is 11.1 Å². The monoisotopic (exact) mass is 316 g/mol. The zero-order valence-electron chi connectivity index (χ0n) is 14.0. The second kappa shape index (κ2) is 8.36. The number of ether oxygens (including phenoxy) is 1. The maximum absolute atomic E-state index is 11.9. The van der Waals surface area contributed by atoms with E-state index in [-0.39, 0.29) is 16.6 Å². The lowest BCUT2D eigenvalue weighted by atomic mass is 9.72. The van der Waals surface area contributed by atoms with Gasteiger partial charge in [0.15, 0.2) is 0 Å². The van der Waals surface area contributed by atoms with E-state index in [4.69, 9.17) is 21.0 Å². The summed E-state index contributed by atoms with van der Waals surface area (Å²) in [6, 6.07) is 3.75. The molecule has 0 aromatic carbocycles. The smallest absolute Gasteiger partial charge is 0.250 e. The molecule has 0 aromatic heterocycles. The van der Waals surface area contributed by atoms with Crippen molar-refractivity contribution in [2.45, 2.75) is 40.0 Å². The fourth-order valence-corrected chi connectivity index (χ4v) is 2.72. The molecule has 6 nitrogen and oxygen atoms in total. The number of amides is 1. The maximum Gasteiger partial charge on any atom is 0.250 e. The van der Waals surface area contributed by atoms with Crippen LogP contribution in [0.2, 0.25) is 0 Å². The summed E-state index contributed by atoms with van der Waals surface area (Å²) in [6.07, 6.45) is 2.05. The fourth-order valence-electron chi connectivity index (χ4n) is 2.72. The van der Waals surface area contributed by atoms with Crippen molar-refractivity contribution in [3.05, 3.63) is 22.4 Å². The summed E-state index contributed by atoms with van der Waals surface area (Å²) in [7, 11) is 0. The number of nitrogens with two attached hydrogens (primary N) is 1. The van der Waals surface area contributed by atoms with E-state index in [1.165, 1.54) is 0 Å². The zero-order chi connectivity index (χ0) is 17.5. The highest BCUT2D eigenvalue weighted by molar-refractivity contribution is 5.98. The highest BCUT2D eigenvalue weighted by atomic mass is 16.5. The van der Waals surface area contributed by atoms with Crippen LogP contribution in [0.15, 0.2) is 22.4 Å². The van der Waals surface area contributed by atoms with E-state index in [2.05, 4.69) is 5.32 Å². The van der Waals surface area contributed by atoms with Crippen molar-refractivity contribution in [1.29, 1.82) is 10.5 Å². The first kappa shape index (κ1) is 18.7. The molecule has 1 aliphatic rings. The van der Waals surface area contributed by atoms with Crippen molar-refractivity contribution < 1.29 is 9.53 Å². The molecule has 0 bridgehead atoms. The van der Waals surface area contributed by atoms with Crippen LogP contribution in [0.5, 0.6) is 0 Å². The minimum Gasteiger partial charge on any atom is -0.385 e. The molecular weight excluding hydrogens is 292 g/mol. The SMILES string of the molecule is CCCOCCNC1=C(C(N)=O)C(=C(C#N)C#N)CC(C)(C)C1. The first-order valence-electron chi connectivity index (χ1n) is 7.74. The molecule has 0 spiro atoms. The topological polar surface area (TPSA) is 112 Å². The van der Waals surface area contributed by atoms with Gasteiger partial charge in [0.1, 0.15) is 17.7 Å². The molecule has 1 aliphatic carbocycles. The van der Waals surface area contributed by atoms with E-state index in [1.807, 2.05) is 32.9 Å². The Balaban J connectivity index is 3.15. The quantitative estimate of drug-likeness (QED) is 0.550. The summed E-state index contributed by atoms with van der Waals surface area (Å²) >= 11 is 0. The van der Waals surface area contributed by atoms with Crippen LogP contribution in [0.1, 0.15) is 40.0 Å². The van der Waals surface area contributed by atoms with Crippen LogP contribution in [0.25, 0.3) is 0 Å². The molecule has 1 rings (SSSR count). The highest BCUT2D eigenvalue weighted by Crippen LogP contribution is 2.41. The van der Waals surface area contributed by atoms with Crippen LogP contribution >= 0.6 is 0 Å². The molecular formula is C17H24N4O2. The van der Waals surface area contributed by atoms with Gasteiger partial charge in [0, 0.05) is 18.8 Å². The highest BCUT2D eigenvalue weighted by Gasteiger charge is 2.34. The van der Waals surface area contributed by atoms with Crippen LogP contribution in [0.3, 0.4) is 0 Å². The van der Waals surface area contributed by atoms with Gasteiger partial charge in [-0.15, -0.1) is 0 Å². The van der Waals surface area contributed by atoms with E-state index in [9.17, 15) is 4.79 Å². The third-order valence-electron chi connectivity index (χ3n) is 3.62. The number of nitriles is 2. The fraction of sp³-hybridized carbons (Fsp3) is 0.588. The van der Waals surface area contributed by atoms with Crippen LogP contribution in [0, 0.1) is 28.1 Å². The standard InChI is InChI=1S/C17H24N4O2/c1-4-6-23-7-5-21-14-9-17(2,3)8-13(12(10-18)11-19)15(14)16(20)22/h21H,4-9H2,1-3H3,(H2,20,22). The van der Waals surface area contributed by atoms with E-state index in [1.54, 1.807) is 0 Å². The van der Waals surface area contributed by atoms with Crippen molar-refractivity contribution in [1.82, 2.24) is 5.32 Å². The minimum absolute atomic E-state index is 0.0480. The number of nitrogens with one attached hydrogen (secondary N) is 1. The van der Waals surface area contributed by atoms with Crippen molar-refractivity contribution in [2.75, 3.05) is 19.8 Å². The van der Waals surface area contributed by atoms with Gasteiger partial charge in [-0.2, -0.15) is 10.5 Å². The van der Waals surface area contributed by atoms with Crippen LogP contribution in [-0.4, -0.2) is 25.7 Å². The number of hydrogen-bond donors (Lipinski definition) is 2. The Morgan fingerprint density at radius 1 is 1.30 bits per heavy atom. The summed E-state index contributed by atoms with van der Waals surface area (Å²) in [5.41, 5.74) is 6.70. The molecule has 6 heteroatoms. The lowest BCUT2D eigenvalue weighted by molar-refractivity contribution is -0.114. The van der Waals surface area contributed by atoms with E-state index >= 15 is 0 Å². The first-order valence-corrected chi connectivity index (χ1v) is 7.74. The van der Waals surface area contributed by atoms with Gasteiger partial charge in [0.25, 0.3) is 5.91 Å². The molecule has 0 unspecified atom stereocenters. The van der Waals surface area contributed by atoms with Gasteiger partial charge in [-0.25, -0.2) is 0 Å². The van der Waals surface area contributed by atoms with Gasteiger partial charge >= 0.3 is 0 Å². The summed E-state index contributed by atoms with van der Waals surface area (Å²) in [4.78, 5) is 11.9. The maximum atomic E-state index is 11.9. The Labute approximate surface area is 137 Å². The average molecular weight is 316 g/mol. The molecule has 23 heavy (non-hydrogen) atoms. The number of nitrogens with zero attached hydrogens (tertiary/aromatic N) is 2. The van der Waals surface area contributed by atoms with Gasteiger partial charge < -0.3 is 15.8 Å². The molecule has 0 aromatic rings. The van der Waals surface area contributed by atoms with Crippen LogP contribution in [-0.2, 0) is 9.53 Å². The normalized spacial score (nSPS) is 16.5. The molecule has 0 radical (unpaired) electrons. The molecule has 0 aliphatic heterocycles. The lowest BCUT2D eigenvalue weighted by Crippen LogP contribution is -2.34. The number of rotatable bonds is 7. The molecule has 3 N–H and O–H groups in total. The number of primary amides is 1. The van der Waals surface area contributed by atoms with Gasteiger partial charge in [-0.3, -0.25) is 4.79 Å². The van der Waals surface area contributed by atoms with Crippen molar-refractivity contribution in [3.8, 4) is 12.1 Å². The number of allylic oxidation sites excluding steroid dienone is 2. The predicted molar refractivity (Wildman–Crippen MR) is 86.6 cm³/mol.